The molecule has 0 radical (unpaired) electrons. The summed E-state index contributed by atoms with van der Waals surface area (Å²) in [5.41, 5.74) is 0.819. The van der Waals surface area contributed by atoms with Crippen molar-refractivity contribution >= 4 is 26.5 Å². The van der Waals surface area contributed by atoms with Crippen molar-refractivity contribution in [2.75, 3.05) is 25.6 Å². The largest absolute Gasteiger partial charge is 0.497 e. The minimum absolute atomic E-state index is 0.0438. The summed E-state index contributed by atoms with van der Waals surface area (Å²) in [7, 11) is 0.594. The maximum absolute atomic E-state index is 12.9. The first-order valence-electron chi connectivity index (χ1n) is 6.46. The summed E-state index contributed by atoms with van der Waals surface area (Å²) in [6.07, 6.45) is 0. The van der Waals surface area contributed by atoms with Crippen molar-refractivity contribution in [1.82, 2.24) is 4.98 Å². The number of benzene rings is 1. The molecule has 1 aromatic heterocycles. The molecule has 8 heteroatoms. The van der Waals surface area contributed by atoms with Crippen molar-refractivity contribution in [2.45, 2.75) is 18.7 Å². The zero-order valence-corrected chi connectivity index (χ0v) is 14.7. The molecule has 1 aromatic carbocycles. The van der Waals surface area contributed by atoms with E-state index >= 15 is 0 Å². The summed E-state index contributed by atoms with van der Waals surface area (Å²) in [6.45, 7) is 3.75. The first kappa shape index (κ1) is 16.6. The Kier molecular flexibility index (Phi) is 4.62. The predicted molar refractivity (Wildman–Crippen MR) is 86.7 cm³/mol. The van der Waals surface area contributed by atoms with Gasteiger partial charge in [0.25, 0.3) is 10.0 Å². The highest BCUT2D eigenvalue weighted by molar-refractivity contribution is 7.93. The molecule has 6 nitrogen and oxygen atoms in total. The minimum atomic E-state index is -3.79. The van der Waals surface area contributed by atoms with E-state index in [9.17, 15) is 8.42 Å². The molecule has 2 aromatic rings. The number of ether oxygens (including phenoxy) is 2. The standard InChI is InChI=1S/C14H18N2O4S2/c1-9-10(2)21-14(15-9)16(3)22(17,18)13-8-11(19-4)6-7-12(13)20-5/h6-8H,1-5H3. The second-order valence-electron chi connectivity index (χ2n) is 4.63. The Hall–Kier alpha value is -1.80. The van der Waals surface area contributed by atoms with Gasteiger partial charge in [-0.2, -0.15) is 0 Å². The third-order valence-electron chi connectivity index (χ3n) is 3.30. The zero-order valence-electron chi connectivity index (χ0n) is 13.1. The fraction of sp³-hybridized carbons (Fsp3) is 0.357. The molecule has 0 aliphatic carbocycles. The Balaban J connectivity index is 2.54. The fourth-order valence-electron chi connectivity index (χ4n) is 1.83. The van der Waals surface area contributed by atoms with Gasteiger partial charge in [0, 0.05) is 18.0 Å². The minimum Gasteiger partial charge on any atom is -0.497 e. The van der Waals surface area contributed by atoms with Gasteiger partial charge in [-0.25, -0.2) is 17.7 Å². The number of thiazole rings is 1. The molecule has 0 saturated heterocycles. The van der Waals surface area contributed by atoms with Crippen LogP contribution in [0, 0.1) is 13.8 Å². The lowest BCUT2D eigenvalue weighted by Crippen LogP contribution is -2.27. The average Bonchev–Trinajstić information content (AvgIpc) is 2.85. The third-order valence-corrected chi connectivity index (χ3v) is 6.33. The Bertz CT molecular complexity index is 765. The number of hydrogen-bond donors (Lipinski definition) is 0. The lowest BCUT2D eigenvalue weighted by molar-refractivity contribution is 0.392. The Labute approximate surface area is 134 Å². The van der Waals surface area contributed by atoms with Gasteiger partial charge in [0.1, 0.15) is 16.4 Å². The summed E-state index contributed by atoms with van der Waals surface area (Å²) in [6, 6.07) is 4.66. The highest BCUT2D eigenvalue weighted by atomic mass is 32.2. The molecule has 0 saturated carbocycles. The monoisotopic (exact) mass is 342 g/mol. The first-order valence-corrected chi connectivity index (χ1v) is 8.72. The molecule has 1 heterocycles. The average molecular weight is 342 g/mol. The predicted octanol–water partition coefficient (Wildman–Crippen LogP) is 2.60. The third kappa shape index (κ3) is 2.89. The molecule has 22 heavy (non-hydrogen) atoms. The molecule has 120 valence electrons. The van der Waals surface area contributed by atoms with Gasteiger partial charge in [-0.05, 0) is 26.0 Å². The molecule has 0 aliphatic heterocycles. The lowest BCUT2D eigenvalue weighted by Gasteiger charge is -2.18. The van der Waals surface area contributed by atoms with Crippen LogP contribution in [0.4, 0.5) is 5.13 Å². The van der Waals surface area contributed by atoms with Crippen molar-refractivity contribution in [3.05, 3.63) is 28.8 Å². The molecule has 0 spiro atoms. The van der Waals surface area contributed by atoms with Crippen molar-refractivity contribution < 1.29 is 17.9 Å². The number of nitrogens with zero attached hydrogens (tertiary/aromatic N) is 2. The van der Waals surface area contributed by atoms with Crippen LogP contribution < -0.4 is 13.8 Å². The second kappa shape index (κ2) is 6.13. The maximum atomic E-state index is 12.9. The van der Waals surface area contributed by atoms with Crippen LogP contribution >= 0.6 is 11.3 Å². The van der Waals surface area contributed by atoms with Crippen LogP contribution in [0.5, 0.6) is 11.5 Å². The van der Waals surface area contributed by atoms with Crippen molar-refractivity contribution in [3.8, 4) is 11.5 Å². The fourth-order valence-corrected chi connectivity index (χ4v) is 4.22. The quantitative estimate of drug-likeness (QED) is 0.835. The normalized spacial score (nSPS) is 11.3. The lowest BCUT2D eigenvalue weighted by atomic mass is 10.3. The SMILES string of the molecule is COc1ccc(OC)c(S(=O)(=O)N(C)c2nc(C)c(C)s2)c1. The second-order valence-corrected chi connectivity index (χ2v) is 7.75. The topological polar surface area (TPSA) is 68.7 Å². The number of rotatable bonds is 5. The summed E-state index contributed by atoms with van der Waals surface area (Å²) >= 11 is 1.33. The van der Waals surface area contributed by atoms with E-state index in [0.29, 0.717) is 10.9 Å². The van der Waals surface area contributed by atoms with Gasteiger partial charge in [-0.3, -0.25) is 0 Å². The van der Waals surface area contributed by atoms with Crippen molar-refractivity contribution in [2.24, 2.45) is 0 Å². The van der Waals surface area contributed by atoms with Gasteiger partial charge in [-0.15, -0.1) is 11.3 Å². The van der Waals surface area contributed by atoms with Crippen LogP contribution in [-0.2, 0) is 10.0 Å². The molecule has 2 rings (SSSR count). The molecule has 0 unspecified atom stereocenters. The Morgan fingerprint density at radius 1 is 1.18 bits per heavy atom. The van der Waals surface area contributed by atoms with E-state index in [1.165, 1.54) is 38.7 Å². The summed E-state index contributed by atoms with van der Waals surface area (Å²) in [5.74, 6) is 0.705. The maximum Gasteiger partial charge on any atom is 0.269 e. The highest BCUT2D eigenvalue weighted by Gasteiger charge is 2.28. The van der Waals surface area contributed by atoms with Gasteiger partial charge in [0.15, 0.2) is 5.13 Å². The number of methoxy groups -OCH3 is 2. The van der Waals surface area contributed by atoms with E-state index in [2.05, 4.69) is 4.98 Å². The molecule has 0 bridgehead atoms. The van der Waals surface area contributed by atoms with Crippen LogP contribution in [-0.4, -0.2) is 34.7 Å². The number of aromatic nitrogens is 1. The summed E-state index contributed by atoms with van der Waals surface area (Å²) in [5, 5.41) is 0.417. The summed E-state index contributed by atoms with van der Waals surface area (Å²) in [4.78, 5) is 5.32. The highest BCUT2D eigenvalue weighted by Crippen LogP contribution is 2.34. The van der Waals surface area contributed by atoms with Crippen LogP contribution in [0.2, 0.25) is 0 Å². The van der Waals surface area contributed by atoms with E-state index in [4.69, 9.17) is 9.47 Å². The molecule has 0 amide bonds. The first-order chi connectivity index (χ1) is 10.3. The molecular weight excluding hydrogens is 324 g/mol. The molecular formula is C14H18N2O4S2. The molecule has 0 N–H and O–H groups in total. The van der Waals surface area contributed by atoms with Gasteiger partial charge in [0.05, 0.1) is 19.9 Å². The van der Waals surface area contributed by atoms with E-state index in [0.717, 1.165) is 14.9 Å². The van der Waals surface area contributed by atoms with E-state index in [1.54, 1.807) is 12.1 Å². The van der Waals surface area contributed by atoms with Crippen LogP contribution in [0.25, 0.3) is 0 Å². The van der Waals surface area contributed by atoms with Crippen LogP contribution in [0.15, 0.2) is 23.1 Å². The van der Waals surface area contributed by atoms with Gasteiger partial charge in [0.2, 0.25) is 0 Å². The smallest absolute Gasteiger partial charge is 0.269 e. The van der Waals surface area contributed by atoms with E-state index in [-0.39, 0.29) is 10.6 Å². The molecule has 0 aliphatic rings. The van der Waals surface area contributed by atoms with Crippen LogP contribution in [0.1, 0.15) is 10.6 Å². The summed E-state index contributed by atoms with van der Waals surface area (Å²) < 4.78 is 37.2. The van der Waals surface area contributed by atoms with Gasteiger partial charge in [-0.1, -0.05) is 0 Å². The van der Waals surface area contributed by atoms with Crippen LogP contribution in [0.3, 0.4) is 0 Å². The zero-order chi connectivity index (χ0) is 16.5. The molecule has 0 fully saturated rings. The van der Waals surface area contributed by atoms with Crippen molar-refractivity contribution in [3.63, 3.8) is 0 Å². The van der Waals surface area contributed by atoms with Gasteiger partial charge < -0.3 is 9.47 Å². The number of aryl methyl sites for hydroxylation is 2. The van der Waals surface area contributed by atoms with Crippen molar-refractivity contribution in [1.29, 1.82) is 0 Å². The van der Waals surface area contributed by atoms with E-state index in [1.807, 2.05) is 13.8 Å². The Morgan fingerprint density at radius 3 is 2.36 bits per heavy atom. The number of hydrogen-bond acceptors (Lipinski definition) is 6. The Morgan fingerprint density at radius 2 is 1.86 bits per heavy atom. The number of sulfonamides is 1. The number of anilines is 1. The molecule has 0 atom stereocenters. The van der Waals surface area contributed by atoms with Gasteiger partial charge >= 0.3 is 0 Å². The van der Waals surface area contributed by atoms with E-state index < -0.39 is 10.0 Å².